The largest absolute Gasteiger partial charge is 0.339 e. The molecule has 0 bridgehead atoms. The molecule has 1 aliphatic heterocycles. The first-order valence-electron chi connectivity index (χ1n) is 7.14. The van der Waals surface area contributed by atoms with Gasteiger partial charge in [0, 0.05) is 11.3 Å². The predicted molar refractivity (Wildman–Crippen MR) is 69.4 cm³/mol. The summed E-state index contributed by atoms with van der Waals surface area (Å²) in [6.07, 6.45) is 3.71. The first-order chi connectivity index (χ1) is 8.59. The Bertz CT molecular complexity index is 420. The Morgan fingerprint density at radius 2 is 2.17 bits per heavy atom. The monoisotopic (exact) mass is 249 g/mol. The number of aromatic nitrogens is 2. The van der Waals surface area contributed by atoms with Gasteiger partial charge in [-0.05, 0) is 44.2 Å². The van der Waals surface area contributed by atoms with E-state index in [2.05, 4.69) is 36.2 Å². The van der Waals surface area contributed by atoms with Crippen LogP contribution in [0.15, 0.2) is 4.52 Å². The molecule has 1 aliphatic carbocycles. The zero-order chi connectivity index (χ0) is 12.8. The van der Waals surface area contributed by atoms with E-state index in [4.69, 9.17) is 4.52 Å². The maximum atomic E-state index is 5.54. The van der Waals surface area contributed by atoms with Crippen LogP contribution in [0.3, 0.4) is 0 Å². The molecule has 0 spiro atoms. The van der Waals surface area contributed by atoms with E-state index in [9.17, 15) is 0 Å². The van der Waals surface area contributed by atoms with Crippen molar-refractivity contribution in [3.05, 3.63) is 11.7 Å². The third kappa shape index (κ3) is 2.07. The van der Waals surface area contributed by atoms with Gasteiger partial charge in [0.2, 0.25) is 5.89 Å². The second-order valence-corrected chi connectivity index (χ2v) is 6.54. The highest BCUT2D eigenvalue weighted by atomic mass is 16.5. The molecule has 0 radical (unpaired) electrons. The van der Waals surface area contributed by atoms with Crippen molar-refractivity contribution in [3.8, 4) is 0 Å². The van der Waals surface area contributed by atoms with Gasteiger partial charge in [-0.3, -0.25) is 0 Å². The van der Waals surface area contributed by atoms with Crippen molar-refractivity contribution in [2.75, 3.05) is 13.1 Å². The Morgan fingerprint density at radius 1 is 1.39 bits per heavy atom. The van der Waals surface area contributed by atoms with Crippen molar-refractivity contribution in [3.63, 3.8) is 0 Å². The van der Waals surface area contributed by atoms with E-state index in [1.165, 1.54) is 19.3 Å². The Hall–Kier alpha value is -0.900. The lowest BCUT2D eigenvalue weighted by Crippen LogP contribution is -2.40. The molecule has 2 fully saturated rings. The van der Waals surface area contributed by atoms with Crippen LogP contribution in [0.4, 0.5) is 0 Å². The summed E-state index contributed by atoms with van der Waals surface area (Å²) < 4.78 is 5.54. The molecule has 3 atom stereocenters. The number of nitrogens with zero attached hydrogens (tertiary/aromatic N) is 2. The number of nitrogens with one attached hydrogen (secondary N) is 1. The molecule has 1 saturated heterocycles. The smallest absolute Gasteiger partial charge is 0.232 e. The number of hydrogen-bond donors (Lipinski definition) is 1. The summed E-state index contributed by atoms with van der Waals surface area (Å²) in [5.74, 6) is 3.62. The Morgan fingerprint density at radius 3 is 2.78 bits per heavy atom. The van der Waals surface area contributed by atoms with Crippen molar-refractivity contribution in [2.45, 2.75) is 51.4 Å². The minimum atomic E-state index is -0.0171. The molecule has 3 unspecified atom stereocenters. The van der Waals surface area contributed by atoms with Gasteiger partial charge in [0.1, 0.15) is 0 Å². The van der Waals surface area contributed by atoms with Crippen LogP contribution in [0, 0.1) is 11.8 Å². The highest BCUT2D eigenvalue weighted by Crippen LogP contribution is 2.46. The molecule has 4 nitrogen and oxygen atoms in total. The fraction of sp³-hybridized carbons (Fsp3) is 0.857. The van der Waals surface area contributed by atoms with Gasteiger partial charge in [0.15, 0.2) is 5.82 Å². The number of piperidine rings is 1. The van der Waals surface area contributed by atoms with E-state index in [1.54, 1.807) is 0 Å². The normalized spacial score (nSPS) is 32.5. The summed E-state index contributed by atoms with van der Waals surface area (Å²) in [7, 11) is 0. The van der Waals surface area contributed by atoms with Gasteiger partial charge in [0.05, 0.1) is 0 Å². The molecule has 2 aliphatic rings. The van der Waals surface area contributed by atoms with Gasteiger partial charge < -0.3 is 9.84 Å². The van der Waals surface area contributed by atoms with E-state index < -0.39 is 0 Å². The number of hydrogen-bond acceptors (Lipinski definition) is 4. The highest BCUT2D eigenvalue weighted by Gasteiger charge is 2.41. The molecule has 3 rings (SSSR count). The first kappa shape index (κ1) is 12.2. The molecular weight excluding hydrogens is 226 g/mol. The standard InChI is InChI=1S/C14H23N3O/c1-9-7-11(9)12-16-13(18-17-12)14(2,3)10-5-4-6-15-8-10/h9-11,15H,4-8H2,1-3H3. The van der Waals surface area contributed by atoms with E-state index in [1.807, 2.05) is 0 Å². The zero-order valence-corrected chi connectivity index (χ0v) is 11.6. The average Bonchev–Trinajstić information content (AvgIpc) is 2.92. The molecule has 1 aromatic rings. The predicted octanol–water partition coefficient (Wildman–Crippen LogP) is 2.47. The molecule has 0 aromatic carbocycles. The summed E-state index contributed by atoms with van der Waals surface area (Å²) >= 11 is 0. The minimum absolute atomic E-state index is 0.0171. The van der Waals surface area contributed by atoms with Crippen molar-refractivity contribution in [1.82, 2.24) is 15.5 Å². The minimum Gasteiger partial charge on any atom is -0.339 e. The molecule has 1 N–H and O–H groups in total. The van der Waals surface area contributed by atoms with Crippen molar-refractivity contribution in [2.24, 2.45) is 11.8 Å². The average molecular weight is 249 g/mol. The van der Waals surface area contributed by atoms with Crippen LogP contribution in [0.2, 0.25) is 0 Å². The summed E-state index contributed by atoms with van der Waals surface area (Å²) in [6.45, 7) is 8.92. The molecule has 1 saturated carbocycles. The zero-order valence-electron chi connectivity index (χ0n) is 11.6. The summed E-state index contributed by atoms with van der Waals surface area (Å²) in [5.41, 5.74) is -0.0171. The summed E-state index contributed by atoms with van der Waals surface area (Å²) in [5, 5.41) is 7.65. The number of rotatable bonds is 3. The SMILES string of the molecule is CC1CC1c1noc(C(C)(C)C2CCCNC2)n1. The molecule has 1 aromatic heterocycles. The van der Waals surface area contributed by atoms with Crippen molar-refractivity contribution >= 4 is 0 Å². The van der Waals surface area contributed by atoms with E-state index in [0.717, 1.165) is 30.7 Å². The summed E-state index contributed by atoms with van der Waals surface area (Å²) in [4.78, 5) is 4.66. The Kier molecular flexibility index (Phi) is 2.93. The highest BCUT2D eigenvalue weighted by molar-refractivity contribution is 5.11. The third-order valence-electron chi connectivity index (χ3n) is 4.75. The molecular formula is C14H23N3O. The van der Waals surface area contributed by atoms with Crippen LogP contribution in [-0.2, 0) is 5.41 Å². The topological polar surface area (TPSA) is 51.0 Å². The summed E-state index contributed by atoms with van der Waals surface area (Å²) in [6, 6.07) is 0. The van der Waals surface area contributed by atoms with Gasteiger partial charge in [-0.2, -0.15) is 4.98 Å². The molecule has 100 valence electrons. The third-order valence-corrected chi connectivity index (χ3v) is 4.75. The molecule has 2 heterocycles. The first-order valence-corrected chi connectivity index (χ1v) is 7.14. The Balaban J connectivity index is 1.77. The van der Waals surface area contributed by atoms with E-state index in [0.29, 0.717) is 11.8 Å². The lowest BCUT2D eigenvalue weighted by molar-refractivity contribution is 0.196. The quantitative estimate of drug-likeness (QED) is 0.894. The van der Waals surface area contributed by atoms with Crippen LogP contribution >= 0.6 is 0 Å². The van der Waals surface area contributed by atoms with Gasteiger partial charge >= 0.3 is 0 Å². The molecule has 18 heavy (non-hydrogen) atoms. The lowest BCUT2D eigenvalue weighted by atomic mass is 9.75. The fourth-order valence-electron chi connectivity index (χ4n) is 2.97. The Labute approximate surface area is 109 Å². The van der Waals surface area contributed by atoms with Gasteiger partial charge in [-0.1, -0.05) is 25.9 Å². The van der Waals surface area contributed by atoms with Crippen LogP contribution in [0.1, 0.15) is 57.7 Å². The van der Waals surface area contributed by atoms with E-state index in [-0.39, 0.29) is 5.41 Å². The molecule has 4 heteroatoms. The van der Waals surface area contributed by atoms with Crippen LogP contribution in [-0.4, -0.2) is 23.2 Å². The lowest BCUT2D eigenvalue weighted by Gasteiger charge is -2.34. The fourth-order valence-corrected chi connectivity index (χ4v) is 2.97. The second kappa shape index (κ2) is 4.34. The van der Waals surface area contributed by atoms with Crippen LogP contribution in [0.25, 0.3) is 0 Å². The van der Waals surface area contributed by atoms with Crippen molar-refractivity contribution < 1.29 is 4.52 Å². The van der Waals surface area contributed by atoms with E-state index >= 15 is 0 Å². The van der Waals surface area contributed by atoms with Gasteiger partial charge in [-0.15, -0.1) is 0 Å². The van der Waals surface area contributed by atoms with Gasteiger partial charge in [0.25, 0.3) is 0 Å². The van der Waals surface area contributed by atoms with Gasteiger partial charge in [-0.25, -0.2) is 0 Å². The van der Waals surface area contributed by atoms with Crippen molar-refractivity contribution in [1.29, 1.82) is 0 Å². The second-order valence-electron chi connectivity index (χ2n) is 6.54. The van der Waals surface area contributed by atoms with Crippen LogP contribution in [0.5, 0.6) is 0 Å². The maximum Gasteiger partial charge on any atom is 0.232 e. The maximum absolute atomic E-state index is 5.54. The van der Waals surface area contributed by atoms with Crippen LogP contribution < -0.4 is 5.32 Å². The molecule has 0 amide bonds.